The highest BCUT2D eigenvalue weighted by Crippen LogP contribution is 2.13. The van der Waals surface area contributed by atoms with Crippen molar-refractivity contribution in [1.29, 1.82) is 0 Å². The molecule has 0 unspecified atom stereocenters. The van der Waals surface area contributed by atoms with E-state index in [0.717, 1.165) is 25.9 Å². The van der Waals surface area contributed by atoms with Crippen molar-refractivity contribution in [3.63, 3.8) is 0 Å². The van der Waals surface area contributed by atoms with Crippen LogP contribution in [0, 0.1) is 6.20 Å². The summed E-state index contributed by atoms with van der Waals surface area (Å²) in [6, 6.07) is 2.02. The van der Waals surface area contributed by atoms with E-state index in [1.807, 2.05) is 4.90 Å². The molecule has 0 bridgehead atoms. The molecule has 1 aromatic rings. The van der Waals surface area contributed by atoms with Gasteiger partial charge in [0.1, 0.15) is 0 Å². The van der Waals surface area contributed by atoms with E-state index in [-0.39, 0.29) is 5.91 Å². The van der Waals surface area contributed by atoms with Crippen LogP contribution in [0.4, 0.5) is 5.95 Å². The van der Waals surface area contributed by atoms with E-state index in [4.69, 9.17) is 0 Å². The fraction of sp³-hybridized carbons (Fsp3) is 0.545. The van der Waals surface area contributed by atoms with Gasteiger partial charge in [-0.25, -0.2) is 9.97 Å². The van der Waals surface area contributed by atoms with Crippen LogP contribution in [0.15, 0.2) is 12.3 Å². The number of nitrogens with one attached hydrogen (secondary N) is 1. The molecule has 2 heterocycles. The summed E-state index contributed by atoms with van der Waals surface area (Å²) in [5, 5.41) is 3.25. The van der Waals surface area contributed by atoms with Gasteiger partial charge in [-0.1, -0.05) is 0 Å². The van der Waals surface area contributed by atoms with E-state index < -0.39 is 0 Å². The minimum Gasteiger partial charge on any atom is -0.351 e. The van der Waals surface area contributed by atoms with Gasteiger partial charge >= 0.3 is 0 Å². The summed E-state index contributed by atoms with van der Waals surface area (Å²) >= 11 is 0. The second-order valence-corrected chi connectivity index (χ2v) is 3.93. The zero-order chi connectivity index (χ0) is 11.4. The number of hydrogen-bond acceptors (Lipinski definition) is 4. The maximum absolute atomic E-state index is 11.1. The largest absolute Gasteiger partial charge is 0.351 e. The highest BCUT2D eigenvalue weighted by atomic mass is 16.2. The summed E-state index contributed by atoms with van der Waals surface area (Å²) in [5.74, 6) is 0.770. The number of amides is 1. The van der Waals surface area contributed by atoms with Gasteiger partial charge in [-0.2, -0.15) is 0 Å². The third-order valence-electron chi connectivity index (χ3n) is 2.79. The summed E-state index contributed by atoms with van der Waals surface area (Å²) in [7, 11) is 0. The van der Waals surface area contributed by atoms with Gasteiger partial charge in [-0.15, -0.1) is 0 Å². The summed E-state index contributed by atoms with van der Waals surface area (Å²) < 4.78 is 0. The summed E-state index contributed by atoms with van der Waals surface area (Å²) in [6.07, 6.45) is 6.29. The van der Waals surface area contributed by atoms with Crippen LogP contribution in [0.5, 0.6) is 0 Å². The van der Waals surface area contributed by atoms with Gasteiger partial charge in [0.2, 0.25) is 11.9 Å². The van der Waals surface area contributed by atoms with Crippen molar-refractivity contribution in [3.05, 3.63) is 18.5 Å². The standard InChI is InChI=1S/C11H15N4O/c1-9(16)15-7-3-10(4-8-15)14-11-12-5-2-6-13-11/h2,5,10H,3-4,7-8H2,1H3,(H,12,13,14). The number of piperidine rings is 1. The number of hydrogen-bond donors (Lipinski definition) is 1. The first-order valence-electron chi connectivity index (χ1n) is 5.47. The van der Waals surface area contributed by atoms with Crippen LogP contribution in [0.25, 0.3) is 0 Å². The molecule has 1 aliphatic heterocycles. The maximum Gasteiger partial charge on any atom is 0.223 e. The normalized spacial score (nSPS) is 17.2. The van der Waals surface area contributed by atoms with Crippen molar-refractivity contribution < 1.29 is 4.79 Å². The molecule has 1 radical (unpaired) electrons. The van der Waals surface area contributed by atoms with Crippen LogP contribution in [0.3, 0.4) is 0 Å². The number of anilines is 1. The Labute approximate surface area is 94.9 Å². The van der Waals surface area contributed by atoms with E-state index >= 15 is 0 Å². The third-order valence-corrected chi connectivity index (χ3v) is 2.79. The van der Waals surface area contributed by atoms with Crippen molar-refractivity contribution in [2.45, 2.75) is 25.8 Å². The summed E-state index contributed by atoms with van der Waals surface area (Å²) in [5.41, 5.74) is 0. The molecule has 1 N–H and O–H groups in total. The molecule has 0 aliphatic carbocycles. The highest BCUT2D eigenvalue weighted by molar-refractivity contribution is 5.73. The van der Waals surface area contributed by atoms with Crippen LogP contribution in [-0.2, 0) is 4.79 Å². The van der Waals surface area contributed by atoms with Gasteiger partial charge < -0.3 is 10.2 Å². The molecule has 1 fully saturated rings. The minimum atomic E-state index is 0.155. The van der Waals surface area contributed by atoms with Crippen LogP contribution in [0.1, 0.15) is 19.8 Å². The van der Waals surface area contributed by atoms with E-state index in [1.54, 1.807) is 19.2 Å². The van der Waals surface area contributed by atoms with Gasteiger partial charge in [0, 0.05) is 32.3 Å². The Morgan fingerprint density at radius 1 is 1.56 bits per heavy atom. The number of carbonyl (C=O) groups excluding carboxylic acids is 1. The first kappa shape index (κ1) is 10.9. The Balaban J connectivity index is 1.84. The lowest BCUT2D eigenvalue weighted by Gasteiger charge is -2.31. The molecule has 5 heteroatoms. The highest BCUT2D eigenvalue weighted by Gasteiger charge is 2.20. The molecule has 0 spiro atoms. The van der Waals surface area contributed by atoms with Crippen molar-refractivity contribution >= 4 is 11.9 Å². The van der Waals surface area contributed by atoms with Crippen LogP contribution in [-0.4, -0.2) is 39.9 Å². The number of nitrogens with zero attached hydrogens (tertiary/aromatic N) is 3. The first-order valence-corrected chi connectivity index (χ1v) is 5.47. The zero-order valence-corrected chi connectivity index (χ0v) is 9.31. The van der Waals surface area contributed by atoms with Crippen molar-refractivity contribution in [3.8, 4) is 0 Å². The van der Waals surface area contributed by atoms with E-state index in [0.29, 0.717) is 12.0 Å². The zero-order valence-electron chi connectivity index (χ0n) is 9.31. The molecule has 0 saturated carbocycles. The molecule has 2 rings (SSSR count). The predicted octanol–water partition coefficient (Wildman–Crippen LogP) is 0.700. The molecule has 1 amide bonds. The molecule has 85 valence electrons. The minimum absolute atomic E-state index is 0.155. The fourth-order valence-corrected chi connectivity index (χ4v) is 1.86. The fourth-order valence-electron chi connectivity index (χ4n) is 1.86. The summed E-state index contributed by atoms with van der Waals surface area (Å²) in [6.45, 7) is 3.23. The topological polar surface area (TPSA) is 58.1 Å². The maximum atomic E-state index is 11.1. The Hall–Kier alpha value is -1.65. The smallest absolute Gasteiger partial charge is 0.223 e. The molecular formula is C11H15N4O. The monoisotopic (exact) mass is 219 g/mol. The predicted molar refractivity (Wildman–Crippen MR) is 59.8 cm³/mol. The van der Waals surface area contributed by atoms with E-state index in [2.05, 4.69) is 21.5 Å². The third kappa shape index (κ3) is 2.68. The molecule has 5 nitrogen and oxygen atoms in total. The SMILES string of the molecule is CC(=O)N1CCC(Nc2n[c]ccn2)CC1. The molecule has 0 aromatic carbocycles. The average molecular weight is 219 g/mol. The van der Waals surface area contributed by atoms with Gasteiger partial charge in [0.05, 0.1) is 6.20 Å². The number of likely N-dealkylation sites (tertiary alicyclic amines) is 1. The van der Waals surface area contributed by atoms with Crippen LogP contribution >= 0.6 is 0 Å². The lowest BCUT2D eigenvalue weighted by molar-refractivity contribution is -0.129. The first-order chi connectivity index (χ1) is 7.75. The second kappa shape index (κ2) is 4.92. The molecular weight excluding hydrogens is 204 g/mol. The average Bonchev–Trinajstić information content (AvgIpc) is 2.31. The number of rotatable bonds is 2. The Morgan fingerprint density at radius 2 is 2.31 bits per heavy atom. The molecule has 1 aromatic heterocycles. The Bertz CT molecular complexity index is 346. The quantitative estimate of drug-likeness (QED) is 0.795. The van der Waals surface area contributed by atoms with Gasteiger partial charge in [0.25, 0.3) is 0 Å². The number of carbonyl (C=O) groups is 1. The lowest BCUT2D eigenvalue weighted by atomic mass is 10.1. The van der Waals surface area contributed by atoms with Crippen molar-refractivity contribution in [2.24, 2.45) is 0 Å². The van der Waals surface area contributed by atoms with E-state index in [1.165, 1.54) is 0 Å². The molecule has 1 saturated heterocycles. The van der Waals surface area contributed by atoms with Crippen molar-refractivity contribution in [1.82, 2.24) is 14.9 Å². The van der Waals surface area contributed by atoms with Crippen LogP contribution in [0.2, 0.25) is 0 Å². The second-order valence-electron chi connectivity index (χ2n) is 3.93. The van der Waals surface area contributed by atoms with Crippen molar-refractivity contribution in [2.75, 3.05) is 18.4 Å². The molecule has 1 aliphatic rings. The Morgan fingerprint density at radius 3 is 2.88 bits per heavy atom. The molecule has 0 atom stereocenters. The lowest BCUT2D eigenvalue weighted by Crippen LogP contribution is -2.41. The van der Waals surface area contributed by atoms with Gasteiger partial charge in [-0.05, 0) is 18.9 Å². The Kier molecular flexibility index (Phi) is 3.34. The molecule has 16 heavy (non-hydrogen) atoms. The van der Waals surface area contributed by atoms with Gasteiger partial charge in [0.15, 0.2) is 0 Å². The van der Waals surface area contributed by atoms with Crippen LogP contribution < -0.4 is 5.32 Å². The van der Waals surface area contributed by atoms with E-state index in [9.17, 15) is 4.79 Å². The van der Waals surface area contributed by atoms with Gasteiger partial charge in [-0.3, -0.25) is 4.79 Å². The summed E-state index contributed by atoms with van der Waals surface area (Å²) in [4.78, 5) is 21.1. The number of aromatic nitrogens is 2.